The lowest BCUT2D eigenvalue weighted by molar-refractivity contribution is -0.271. The average Bonchev–Trinajstić information content (AvgIpc) is 3.00. The van der Waals surface area contributed by atoms with Gasteiger partial charge in [-0.3, -0.25) is 0 Å². The highest BCUT2D eigenvalue weighted by Gasteiger charge is 2.48. The zero-order chi connectivity index (χ0) is 30.3. The van der Waals surface area contributed by atoms with E-state index >= 15 is 0 Å². The number of nitrogens with one attached hydrogen (secondary N) is 1. The van der Waals surface area contributed by atoms with E-state index < -0.39 is 49.4 Å². The van der Waals surface area contributed by atoms with Crippen LogP contribution in [0.25, 0.3) is 0 Å². The van der Waals surface area contributed by atoms with E-state index in [1.165, 1.54) is 11.6 Å². The van der Waals surface area contributed by atoms with Gasteiger partial charge >= 0.3 is 5.97 Å². The lowest BCUT2D eigenvalue weighted by Crippen LogP contribution is -2.61. The summed E-state index contributed by atoms with van der Waals surface area (Å²) in [6, 6.07) is 15.1. The molecule has 2 aromatic carbocycles. The van der Waals surface area contributed by atoms with Crippen LogP contribution in [0.15, 0.2) is 48.5 Å². The predicted molar refractivity (Wildman–Crippen MR) is 154 cm³/mol. The van der Waals surface area contributed by atoms with Crippen LogP contribution in [0.3, 0.4) is 0 Å². The van der Waals surface area contributed by atoms with E-state index in [0.717, 1.165) is 64.7 Å². The van der Waals surface area contributed by atoms with Crippen molar-refractivity contribution in [1.82, 2.24) is 5.32 Å². The molecule has 0 saturated carbocycles. The van der Waals surface area contributed by atoms with Crippen LogP contribution in [-0.2, 0) is 27.3 Å². The van der Waals surface area contributed by atoms with Gasteiger partial charge in [-0.2, -0.15) is 0 Å². The summed E-state index contributed by atoms with van der Waals surface area (Å²) in [6.45, 7) is 2.18. The van der Waals surface area contributed by atoms with Crippen LogP contribution in [0.5, 0.6) is 5.75 Å². The molecule has 234 valence electrons. The SMILES string of the molecule is O=C(O)[C@H]1O[C@@H](Oc2ccc([C@@H](O)CNCCCCCCOCCCCc3ccccc3)cc2CO)[C@H](O)[C@@H](O)[C@@H]1O. The zero-order valence-corrected chi connectivity index (χ0v) is 23.9. The Bertz CT molecular complexity index is 1060. The Kier molecular flexibility index (Phi) is 14.6. The van der Waals surface area contributed by atoms with Crippen molar-refractivity contribution in [3.05, 3.63) is 65.2 Å². The Morgan fingerprint density at radius 1 is 0.905 bits per heavy atom. The first-order valence-corrected chi connectivity index (χ1v) is 14.6. The fourth-order valence-corrected chi connectivity index (χ4v) is 4.76. The van der Waals surface area contributed by atoms with Gasteiger partial charge in [0, 0.05) is 25.3 Å². The summed E-state index contributed by atoms with van der Waals surface area (Å²) in [5.41, 5.74) is 2.17. The molecule has 42 heavy (non-hydrogen) atoms. The molecule has 11 heteroatoms. The molecule has 11 nitrogen and oxygen atoms in total. The number of aliphatic hydroxyl groups is 5. The summed E-state index contributed by atoms with van der Waals surface area (Å²) < 4.78 is 16.4. The quantitative estimate of drug-likeness (QED) is 0.118. The Balaban J connectivity index is 1.29. The maximum absolute atomic E-state index is 11.3. The van der Waals surface area contributed by atoms with Gasteiger partial charge in [0.1, 0.15) is 24.1 Å². The van der Waals surface area contributed by atoms with Gasteiger partial charge in [-0.15, -0.1) is 0 Å². The molecule has 1 fully saturated rings. The number of aryl methyl sites for hydroxylation is 1. The van der Waals surface area contributed by atoms with E-state index in [2.05, 4.69) is 29.6 Å². The van der Waals surface area contributed by atoms with Crippen LogP contribution in [0.1, 0.15) is 61.3 Å². The van der Waals surface area contributed by atoms with E-state index in [0.29, 0.717) is 12.1 Å². The first kappa shape index (κ1) is 33.9. The van der Waals surface area contributed by atoms with E-state index in [1.54, 1.807) is 12.1 Å². The largest absolute Gasteiger partial charge is 0.479 e. The second-order valence-electron chi connectivity index (χ2n) is 10.6. The molecule has 2 aromatic rings. The smallest absolute Gasteiger partial charge is 0.335 e. The Hall–Kier alpha value is -2.61. The second kappa shape index (κ2) is 18.1. The molecule has 0 aliphatic carbocycles. The predicted octanol–water partition coefficient (Wildman–Crippen LogP) is 1.67. The molecule has 0 radical (unpaired) electrons. The van der Waals surface area contributed by atoms with Gasteiger partial charge < -0.3 is 50.2 Å². The summed E-state index contributed by atoms with van der Waals surface area (Å²) in [5.74, 6) is -1.44. The minimum absolute atomic E-state index is 0.0781. The molecular formula is C31H45NO10. The van der Waals surface area contributed by atoms with Crippen molar-refractivity contribution < 1.29 is 49.6 Å². The minimum atomic E-state index is -1.83. The van der Waals surface area contributed by atoms with Crippen LogP contribution in [-0.4, -0.2) is 93.6 Å². The minimum Gasteiger partial charge on any atom is -0.479 e. The van der Waals surface area contributed by atoms with Gasteiger partial charge in [0.15, 0.2) is 6.10 Å². The highest BCUT2D eigenvalue weighted by molar-refractivity contribution is 5.73. The third kappa shape index (κ3) is 10.6. The number of carboxylic acids is 1. The molecule has 0 unspecified atom stereocenters. The summed E-state index contributed by atoms with van der Waals surface area (Å²) >= 11 is 0. The number of carboxylic acid groups (broad SMARTS) is 1. The maximum Gasteiger partial charge on any atom is 0.335 e. The fraction of sp³-hybridized carbons (Fsp3) is 0.581. The van der Waals surface area contributed by atoms with Crippen LogP contribution < -0.4 is 10.1 Å². The van der Waals surface area contributed by atoms with E-state index in [-0.39, 0.29) is 11.3 Å². The molecule has 7 N–H and O–H groups in total. The summed E-state index contributed by atoms with van der Waals surface area (Å²) in [4.78, 5) is 11.3. The number of aliphatic hydroxyl groups excluding tert-OH is 5. The molecule has 1 heterocycles. The standard InChI is InChI=1S/C31H45NO10/c33-20-23-18-22(13-14-25(23)41-31-28(37)26(35)27(36)29(42-31)30(38)39)24(34)19-32-15-7-1-2-8-16-40-17-9-6-12-21-10-4-3-5-11-21/h3-5,10-11,13-14,18,24,26-29,31-37H,1-2,6-9,12,15-17,19-20H2,(H,38,39)/t24-,26-,27-,28+,29-,31+/m0/s1. The second-order valence-corrected chi connectivity index (χ2v) is 10.6. The van der Waals surface area contributed by atoms with Crippen LogP contribution >= 0.6 is 0 Å². The Labute approximate surface area is 246 Å². The van der Waals surface area contributed by atoms with Crippen molar-refractivity contribution in [2.75, 3.05) is 26.3 Å². The van der Waals surface area contributed by atoms with Crippen molar-refractivity contribution in [3.63, 3.8) is 0 Å². The van der Waals surface area contributed by atoms with Gasteiger partial charge in [0.05, 0.1) is 12.7 Å². The number of hydrogen-bond donors (Lipinski definition) is 7. The summed E-state index contributed by atoms with van der Waals surface area (Å²) in [7, 11) is 0. The normalized spacial score (nSPS) is 23.0. The van der Waals surface area contributed by atoms with Crippen molar-refractivity contribution >= 4 is 5.97 Å². The van der Waals surface area contributed by atoms with E-state index in [4.69, 9.17) is 14.2 Å². The summed E-state index contributed by atoms with van der Waals surface area (Å²) in [6.07, 6.45) is -2.17. The number of carbonyl (C=O) groups is 1. The van der Waals surface area contributed by atoms with Crippen LogP contribution in [0, 0.1) is 0 Å². The zero-order valence-electron chi connectivity index (χ0n) is 23.9. The molecule has 1 saturated heterocycles. The molecule has 3 rings (SSSR count). The van der Waals surface area contributed by atoms with Crippen molar-refractivity contribution in [2.45, 2.75) is 88.4 Å². The number of aliphatic carboxylic acids is 1. The molecule has 0 spiro atoms. The summed E-state index contributed by atoms with van der Waals surface area (Å²) in [5, 5.41) is 62.8. The molecule has 0 bridgehead atoms. The molecule has 1 aliphatic rings. The van der Waals surface area contributed by atoms with Crippen LogP contribution in [0.4, 0.5) is 0 Å². The highest BCUT2D eigenvalue weighted by atomic mass is 16.7. The van der Waals surface area contributed by atoms with Gasteiger partial charge in [-0.1, -0.05) is 49.2 Å². The molecular weight excluding hydrogens is 546 g/mol. The lowest BCUT2D eigenvalue weighted by atomic mass is 9.99. The Morgan fingerprint density at radius 2 is 1.62 bits per heavy atom. The van der Waals surface area contributed by atoms with Gasteiger partial charge in [-0.05, 0) is 61.9 Å². The molecule has 1 aliphatic heterocycles. The topological polar surface area (TPSA) is 178 Å². The first-order chi connectivity index (χ1) is 20.3. The third-order valence-electron chi connectivity index (χ3n) is 7.27. The van der Waals surface area contributed by atoms with Crippen molar-refractivity contribution in [2.24, 2.45) is 0 Å². The van der Waals surface area contributed by atoms with Gasteiger partial charge in [0.25, 0.3) is 0 Å². The molecule has 6 atom stereocenters. The maximum atomic E-state index is 11.3. The Morgan fingerprint density at radius 3 is 2.33 bits per heavy atom. The van der Waals surface area contributed by atoms with E-state index in [9.17, 15) is 35.4 Å². The van der Waals surface area contributed by atoms with Crippen molar-refractivity contribution in [1.29, 1.82) is 0 Å². The lowest BCUT2D eigenvalue weighted by Gasteiger charge is -2.38. The highest BCUT2D eigenvalue weighted by Crippen LogP contribution is 2.29. The number of ether oxygens (including phenoxy) is 3. The van der Waals surface area contributed by atoms with Gasteiger partial charge in [0.2, 0.25) is 6.29 Å². The monoisotopic (exact) mass is 591 g/mol. The fourth-order valence-electron chi connectivity index (χ4n) is 4.76. The van der Waals surface area contributed by atoms with Gasteiger partial charge in [-0.25, -0.2) is 4.79 Å². The number of unbranched alkanes of at least 4 members (excludes halogenated alkanes) is 4. The van der Waals surface area contributed by atoms with E-state index in [1.807, 2.05) is 6.07 Å². The molecule has 0 amide bonds. The average molecular weight is 592 g/mol. The number of benzene rings is 2. The third-order valence-corrected chi connectivity index (χ3v) is 7.27. The van der Waals surface area contributed by atoms with Crippen molar-refractivity contribution in [3.8, 4) is 5.75 Å². The van der Waals surface area contributed by atoms with Crippen LogP contribution in [0.2, 0.25) is 0 Å². The number of hydrogen-bond acceptors (Lipinski definition) is 10. The molecule has 0 aromatic heterocycles. The first-order valence-electron chi connectivity index (χ1n) is 14.6. The number of rotatable bonds is 19.